The van der Waals surface area contributed by atoms with Crippen LogP contribution in [-0.4, -0.2) is 60.1 Å². The first-order valence-corrected chi connectivity index (χ1v) is 7.82. The average molecular weight is 288 g/mol. The van der Waals surface area contributed by atoms with Crippen LogP contribution in [0, 0.1) is 0 Å². The first-order chi connectivity index (χ1) is 8.88. The van der Waals surface area contributed by atoms with Crippen molar-refractivity contribution >= 4 is 23.6 Å². The molecule has 1 saturated heterocycles. The first kappa shape index (κ1) is 16.3. The van der Waals surface area contributed by atoms with Crippen molar-refractivity contribution in [1.82, 2.24) is 10.2 Å². The molecule has 0 aromatic rings. The van der Waals surface area contributed by atoms with E-state index in [1.165, 1.54) is 11.8 Å². The van der Waals surface area contributed by atoms with Crippen LogP contribution in [0.3, 0.4) is 0 Å². The Labute approximate surface area is 119 Å². The van der Waals surface area contributed by atoms with E-state index in [2.05, 4.69) is 5.32 Å². The SMILES string of the molecule is CC(C)(C)OC(=O)CSCCC(=O)N1CCNCC1. The van der Waals surface area contributed by atoms with Crippen molar-refractivity contribution in [2.45, 2.75) is 32.8 Å². The summed E-state index contributed by atoms with van der Waals surface area (Å²) in [5, 5.41) is 3.21. The Morgan fingerprint density at radius 1 is 1.26 bits per heavy atom. The molecule has 5 nitrogen and oxygen atoms in total. The number of hydrogen-bond acceptors (Lipinski definition) is 5. The predicted octanol–water partition coefficient (Wildman–Crippen LogP) is 0.883. The summed E-state index contributed by atoms with van der Waals surface area (Å²) in [6, 6.07) is 0. The van der Waals surface area contributed by atoms with Crippen LogP contribution in [-0.2, 0) is 14.3 Å². The molecule has 0 aromatic heterocycles. The quantitative estimate of drug-likeness (QED) is 0.601. The van der Waals surface area contributed by atoms with E-state index in [1.54, 1.807) is 0 Å². The summed E-state index contributed by atoms with van der Waals surface area (Å²) in [5.74, 6) is 0.944. The van der Waals surface area contributed by atoms with Crippen LogP contribution >= 0.6 is 11.8 Å². The highest BCUT2D eigenvalue weighted by molar-refractivity contribution is 7.99. The fourth-order valence-corrected chi connectivity index (χ4v) is 2.45. The number of piperazine rings is 1. The second kappa shape index (κ2) is 7.75. The summed E-state index contributed by atoms with van der Waals surface area (Å²) in [5.41, 5.74) is -0.436. The molecule has 6 heteroatoms. The zero-order valence-corrected chi connectivity index (χ0v) is 12.8. The fourth-order valence-electron chi connectivity index (χ4n) is 1.76. The second-order valence-corrected chi connectivity index (χ2v) is 6.62. The van der Waals surface area contributed by atoms with E-state index in [9.17, 15) is 9.59 Å². The minimum Gasteiger partial charge on any atom is -0.459 e. The molecule has 0 spiro atoms. The molecule has 1 N–H and O–H groups in total. The van der Waals surface area contributed by atoms with Crippen molar-refractivity contribution in [3.63, 3.8) is 0 Å². The van der Waals surface area contributed by atoms with Crippen molar-refractivity contribution in [3.05, 3.63) is 0 Å². The number of ether oxygens (including phenoxy) is 1. The van der Waals surface area contributed by atoms with E-state index in [1.807, 2.05) is 25.7 Å². The molecule has 110 valence electrons. The molecule has 0 radical (unpaired) electrons. The van der Waals surface area contributed by atoms with Gasteiger partial charge in [0.1, 0.15) is 5.60 Å². The highest BCUT2D eigenvalue weighted by atomic mass is 32.2. The van der Waals surface area contributed by atoms with Crippen LogP contribution in [0.4, 0.5) is 0 Å². The van der Waals surface area contributed by atoms with Gasteiger partial charge in [-0.15, -0.1) is 11.8 Å². The van der Waals surface area contributed by atoms with Gasteiger partial charge in [0.25, 0.3) is 0 Å². The Kier molecular flexibility index (Phi) is 6.65. The van der Waals surface area contributed by atoms with Crippen molar-refractivity contribution in [2.24, 2.45) is 0 Å². The van der Waals surface area contributed by atoms with Crippen LogP contribution in [0.25, 0.3) is 0 Å². The molecular weight excluding hydrogens is 264 g/mol. The minimum atomic E-state index is -0.436. The van der Waals surface area contributed by atoms with Crippen LogP contribution in [0.2, 0.25) is 0 Å². The summed E-state index contributed by atoms with van der Waals surface area (Å²) in [7, 11) is 0. The van der Waals surface area contributed by atoms with E-state index in [4.69, 9.17) is 4.74 Å². The van der Waals surface area contributed by atoms with Crippen LogP contribution < -0.4 is 5.32 Å². The van der Waals surface area contributed by atoms with E-state index >= 15 is 0 Å². The third-order valence-corrected chi connectivity index (χ3v) is 3.50. The van der Waals surface area contributed by atoms with Gasteiger partial charge in [-0.1, -0.05) is 0 Å². The van der Waals surface area contributed by atoms with Gasteiger partial charge in [0.05, 0.1) is 5.75 Å². The number of amides is 1. The predicted molar refractivity (Wildman–Crippen MR) is 77.2 cm³/mol. The van der Waals surface area contributed by atoms with Crippen LogP contribution in [0.15, 0.2) is 0 Å². The lowest BCUT2D eigenvalue weighted by atomic mass is 10.2. The van der Waals surface area contributed by atoms with Gasteiger partial charge in [0, 0.05) is 38.4 Å². The summed E-state index contributed by atoms with van der Waals surface area (Å²) < 4.78 is 5.20. The summed E-state index contributed by atoms with van der Waals surface area (Å²) in [6.07, 6.45) is 0.494. The Morgan fingerprint density at radius 3 is 2.47 bits per heavy atom. The molecule has 0 atom stereocenters. The number of hydrogen-bond donors (Lipinski definition) is 1. The lowest BCUT2D eigenvalue weighted by Crippen LogP contribution is -2.46. The lowest BCUT2D eigenvalue weighted by molar-refractivity contribution is -0.151. The van der Waals surface area contributed by atoms with Crippen LogP contribution in [0.1, 0.15) is 27.2 Å². The van der Waals surface area contributed by atoms with Crippen molar-refractivity contribution in [2.75, 3.05) is 37.7 Å². The van der Waals surface area contributed by atoms with Gasteiger partial charge < -0.3 is 15.0 Å². The monoisotopic (exact) mass is 288 g/mol. The number of nitrogens with zero attached hydrogens (tertiary/aromatic N) is 1. The maximum Gasteiger partial charge on any atom is 0.316 e. The molecule has 1 aliphatic heterocycles. The van der Waals surface area contributed by atoms with E-state index < -0.39 is 5.60 Å². The zero-order valence-electron chi connectivity index (χ0n) is 12.0. The zero-order chi connectivity index (χ0) is 14.3. The molecule has 0 unspecified atom stereocenters. The van der Waals surface area contributed by atoms with Gasteiger partial charge in [0.2, 0.25) is 5.91 Å². The van der Waals surface area contributed by atoms with Gasteiger partial charge in [-0.2, -0.15) is 0 Å². The molecule has 0 aromatic carbocycles. The summed E-state index contributed by atoms with van der Waals surface area (Å²) in [6.45, 7) is 8.87. The molecule has 19 heavy (non-hydrogen) atoms. The standard InChI is InChI=1S/C13H24N2O3S/c1-13(2,3)18-12(17)10-19-9-4-11(16)15-7-5-14-6-8-15/h14H,4-10H2,1-3H3. The largest absolute Gasteiger partial charge is 0.459 e. The number of esters is 1. The third-order valence-electron chi connectivity index (χ3n) is 2.57. The minimum absolute atomic E-state index is 0.179. The number of thioether (sulfide) groups is 1. The van der Waals surface area contributed by atoms with Gasteiger partial charge in [-0.05, 0) is 20.8 Å². The van der Waals surface area contributed by atoms with Gasteiger partial charge in [-0.25, -0.2) is 0 Å². The van der Waals surface area contributed by atoms with E-state index in [0.29, 0.717) is 17.9 Å². The number of rotatable bonds is 5. The van der Waals surface area contributed by atoms with Crippen molar-refractivity contribution < 1.29 is 14.3 Å². The lowest BCUT2D eigenvalue weighted by Gasteiger charge is -2.27. The van der Waals surface area contributed by atoms with Gasteiger partial charge >= 0.3 is 5.97 Å². The number of carbonyl (C=O) groups is 2. The van der Waals surface area contributed by atoms with Crippen molar-refractivity contribution in [3.8, 4) is 0 Å². The molecule has 1 rings (SSSR count). The van der Waals surface area contributed by atoms with Crippen molar-refractivity contribution in [1.29, 1.82) is 0 Å². The van der Waals surface area contributed by atoms with Gasteiger partial charge in [0.15, 0.2) is 0 Å². The number of nitrogens with one attached hydrogen (secondary N) is 1. The summed E-state index contributed by atoms with van der Waals surface area (Å²) in [4.78, 5) is 25.2. The highest BCUT2D eigenvalue weighted by Gasteiger charge is 2.17. The highest BCUT2D eigenvalue weighted by Crippen LogP contribution is 2.11. The number of carbonyl (C=O) groups excluding carboxylic acids is 2. The Morgan fingerprint density at radius 2 is 1.89 bits per heavy atom. The molecule has 0 saturated carbocycles. The Balaban J connectivity index is 2.10. The summed E-state index contributed by atoms with van der Waals surface area (Å²) >= 11 is 1.46. The maximum absolute atomic E-state index is 11.8. The normalized spacial score (nSPS) is 16.3. The third kappa shape index (κ3) is 7.42. The Hall–Kier alpha value is -0.750. The van der Waals surface area contributed by atoms with Crippen LogP contribution in [0.5, 0.6) is 0 Å². The van der Waals surface area contributed by atoms with Gasteiger partial charge in [-0.3, -0.25) is 9.59 Å². The molecular formula is C13H24N2O3S. The smallest absolute Gasteiger partial charge is 0.316 e. The molecule has 0 aliphatic carbocycles. The molecule has 1 heterocycles. The Bertz CT molecular complexity index is 310. The molecule has 0 bridgehead atoms. The second-order valence-electron chi connectivity index (χ2n) is 5.52. The molecule has 1 aliphatic rings. The first-order valence-electron chi connectivity index (χ1n) is 6.66. The maximum atomic E-state index is 11.8. The fraction of sp³-hybridized carbons (Fsp3) is 0.846. The topological polar surface area (TPSA) is 58.6 Å². The molecule has 1 fully saturated rings. The van der Waals surface area contributed by atoms with E-state index in [0.717, 1.165) is 26.2 Å². The van der Waals surface area contributed by atoms with E-state index in [-0.39, 0.29) is 11.9 Å². The molecule has 1 amide bonds. The average Bonchev–Trinajstić information content (AvgIpc) is 2.33.